The number of alkyl halides is 3. The van der Waals surface area contributed by atoms with Crippen LogP contribution in [-0.4, -0.2) is 52.2 Å². The SMILES string of the molecule is CC12C=C(c3cnn(C4CNC4)c3)C=CN1C(c1cccc(NC(=O)NCC(F)(F)F)c1)=CN2. The Morgan fingerprint density at radius 2 is 2.12 bits per heavy atom. The molecule has 0 spiro atoms. The lowest BCUT2D eigenvalue weighted by Gasteiger charge is -2.37. The number of benzene rings is 1. The fraction of sp³-hybridized carbons (Fsp3) is 0.304. The fourth-order valence-electron chi connectivity index (χ4n) is 4.12. The van der Waals surface area contributed by atoms with Crippen LogP contribution < -0.4 is 21.3 Å². The third-order valence-corrected chi connectivity index (χ3v) is 6.04. The second-order valence-electron chi connectivity index (χ2n) is 8.63. The van der Waals surface area contributed by atoms with Crippen LogP contribution in [-0.2, 0) is 0 Å². The molecule has 34 heavy (non-hydrogen) atoms. The summed E-state index contributed by atoms with van der Waals surface area (Å²) in [6.07, 6.45) is 7.48. The van der Waals surface area contributed by atoms with Gasteiger partial charge in [-0.2, -0.15) is 18.3 Å². The molecule has 0 aliphatic carbocycles. The van der Waals surface area contributed by atoms with Gasteiger partial charge in [-0.1, -0.05) is 12.1 Å². The lowest BCUT2D eigenvalue weighted by atomic mass is 9.98. The maximum atomic E-state index is 12.3. The highest BCUT2D eigenvalue weighted by molar-refractivity contribution is 5.90. The third-order valence-electron chi connectivity index (χ3n) is 6.04. The molecule has 1 aromatic heterocycles. The predicted molar refractivity (Wildman–Crippen MR) is 122 cm³/mol. The maximum absolute atomic E-state index is 12.3. The number of carbonyl (C=O) groups excluding carboxylic acids is 1. The number of fused-ring (bicyclic) bond motifs is 1. The zero-order valence-electron chi connectivity index (χ0n) is 18.4. The first-order valence-electron chi connectivity index (χ1n) is 10.9. The van der Waals surface area contributed by atoms with E-state index in [-0.39, 0.29) is 0 Å². The lowest BCUT2D eigenvalue weighted by Crippen LogP contribution is -2.46. The Morgan fingerprint density at radius 3 is 2.85 bits per heavy atom. The normalized spacial score (nSPS) is 21.8. The molecule has 1 unspecified atom stereocenters. The average Bonchev–Trinajstić information content (AvgIpc) is 3.35. The van der Waals surface area contributed by atoms with E-state index in [1.807, 2.05) is 42.3 Å². The molecular weight excluding hydrogens is 447 g/mol. The van der Waals surface area contributed by atoms with Crippen LogP contribution in [0.4, 0.5) is 23.7 Å². The molecule has 1 saturated heterocycles. The number of allylic oxidation sites excluding steroid dienone is 2. The van der Waals surface area contributed by atoms with Gasteiger partial charge in [-0.15, -0.1) is 0 Å². The smallest absolute Gasteiger partial charge is 0.364 e. The Balaban J connectivity index is 1.29. The minimum atomic E-state index is -4.47. The van der Waals surface area contributed by atoms with E-state index in [4.69, 9.17) is 0 Å². The van der Waals surface area contributed by atoms with Gasteiger partial charge >= 0.3 is 12.2 Å². The first-order chi connectivity index (χ1) is 16.2. The third kappa shape index (κ3) is 4.38. The Hall–Kier alpha value is -3.73. The van der Waals surface area contributed by atoms with Crippen molar-refractivity contribution in [1.29, 1.82) is 0 Å². The molecule has 4 N–H and O–H groups in total. The molecule has 2 aromatic rings. The van der Waals surface area contributed by atoms with E-state index in [2.05, 4.69) is 38.2 Å². The molecule has 0 saturated carbocycles. The Morgan fingerprint density at radius 1 is 1.29 bits per heavy atom. The molecule has 11 heteroatoms. The molecule has 1 aromatic carbocycles. The molecule has 0 bridgehead atoms. The van der Waals surface area contributed by atoms with Gasteiger partial charge in [0.05, 0.1) is 17.9 Å². The standard InChI is InChI=1S/C23H24F3N7O/c1-22-8-16(17-9-30-33(13-17)19-10-27-11-19)5-6-32(22)20(12-29-22)15-3-2-4-18(7-15)31-21(34)28-14-23(24,25)26/h2-9,12-13,19,27,29H,10-11,14H2,1H3,(H2,28,31,34). The first-order valence-corrected chi connectivity index (χ1v) is 10.9. The van der Waals surface area contributed by atoms with Crippen LogP contribution >= 0.6 is 0 Å². The molecule has 1 fully saturated rings. The molecule has 3 aliphatic heterocycles. The minimum absolute atomic E-state index is 0.391. The second-order valence-corrected chi connectivity index (χ2v) is 8.63. The average molecular weight is 471 g/mol. The molecule has 1 atom stereocenters. The van der Waals surface area contributed by atoms with Crippen LogP contribution in [0.25, 0.3) is 11.3 Å². The fourth-order valence-corrected chi connectivity index (χ4v) is 4.12. The van der Waals surface area contributed by atoms with Crippen molar-refractivity contribution in [2.45, 2.75) is 24.8 Å². The van der Waals surface area contributed by atoms with Crippen molar-refractivity contribution in [3.63, 3.8) is 0 Å². The summed E-state index contributed by atoms with van der Waals surface area (Å²) in [4.78, 5) is 13.9. The van der Waals surface area contributed by atoms with Crippen molar-refractivity contribution in [2.24, 2.45) is 0 Å². The second kappa shape index (κ2) is 8.24. The molecule has 0 radical (unpaired) electrons. The number of aromatic nitrogens is 2. The minimum Gasteiger partial charge on any atom is -0.364 e. The Bertz CT molecular complexity index is 1200. The van der Waals surface area contributed by atoms with Crippen LogP contribution in [0.3, 0.4) is 0 Å². The molecule has 8 nitrogen and oxygen atoms in total. The Labute approximate surface area is 194 Å². The van der Waals surface area contributed by atoms with E-state index in [9.17, 15) is 18.0 Å². The van der Waals surface area contributed by atoms with E-state index < -0.39 is 24.4 Å². The quantitative estimate of drug-likeness (QED) is 0.538. The van der Waals surface area contributed by atoms with E-state index >= 15 is 0 Å². The molecule has 5 rings (SSSR count). The van der Waals surface area contributed by atoms with Gasteiger partial charge in [0.1, 0.15) is 12.2 Å². The van der Waals surface area contributed by atoms with Crippen molar-refractivity contribution in [3.8, 4) is 0 Å². The van der Waals surface area contributed by atoms with Crippen molar-refractivity contribution in [1.82, 2.24) is 30.6 Å². The number of rotatable bonds is 5. The summed E-state index contributed by atoms with van der Waals surface area (Å²) in [5.74, 6) is 0. The monoisotopic (exact) mass is 471 g/mol. The summed E-state index contributed by atoms with van der Waals surface area (Å²) in [5, 5.41) is 15.4. The van der Waals surface area contributed by atoms with Gasteiger partial charge < -0.3 is 26.2 Å². The highest BCUT2D eigenvalue weighted by atomic mass is 19.4. The van der Waals surface area contributed by atoms with Crippen molar-refractivity contribution < 1.29 is 18.0 Å². The van der Waals surface area contributed by atoms with E-state index in [0.717, 1.165) is 35.5 Å². The zero-order valence-corrected chi connectivity index (χ0v) is 18.4. The van der Waals surface area contributed by atoms with Crippen molar-refractivity contribution in [2.75, 3.05) is 25.0 Å². The summed E-state index contributed by atoms with van der Waals surface area (Å²) in [7, 11) is 0. The largest absolute Gasteiger partial charge is 0.405 e. The van der Waals surface area contributed by atoms with Gasteiger partial charge in [-0.25, -0.2) is 4.79 Å². The van der Waals surface area contributed by atoms with Gasteiger partial charge in [-0.3, -0.25) is 4.68 Å². The molecule has 4 heterocycles. The van der Waals surface area contributed by atoms with E-state index in [0.29, 0.717) is 11.7 Å². The Kier molecular flexibility index (Phi) is 5.35. The van der Waals surface area contributed by atoms with Crippen LogP contribution in [0.1, 0.15) is 24.1 Å². The van der Waals surface area contributed by atoms with Crippen LogP contribution in [0.15, 0.2) is 61.2 Å². The van der Waals surface area contributed by atoms with Gasteiger partial charge in [-0.05, 0) is 36.8 Å². The summed E-state index contributed by atoms with van der Waals surface area (Å²) in [5.41, 5.74) is 3.64. The van der Waals surface area contributed by atoms with Gasteiger partial charge in [0.2, 0.25) is 0 Å². The molecule has 3 aliphatic rings. The van der Waals surface area contributed by atoms with E-state index in [1.54, 1.807) is 23.5 Å². The molecule has 178 valence electrons. The number of urea groups is 1. The number of nitrogens with one attached hydrogen (secondary N) is 4. The number of nitrogens with zero attached hydrogens (tertiary/aromatic N) is 3. The highest BCUT2D eigenvalue weighted by Crippen LogP contribution is 2.38. The van der Waals surface area contributed by atoms with Crippen LogP contribution in [0.2, 0.25) is 0 Å². The van der Waals surface area contributed by atoms with Crippen LogP contribution in [0.5, 0.6) is 0 Å². The van der Waals surface area contributed by atoms with Gasteiger partial charge in [0.25, 0.3) is 0 Å². The summed E-state index contributed by atoms with van der Waals surface area (Å²) in [6.45, 7) is 2.51. The van der Waals surface area contributed by atoms with Crippen LogP contribution in [0, 0.1) is 0 Å². The molecular formula is C23H24F3N7O. The van der Waals surface area contributed by atoms with Crippen molar-refractivity contribution in [3.05, 3.63) is 72.3 Å². The number of anilines is 1. The number of halogens is 3. The summed E-state index contributed by atoms with van der Waals surface area (Å²) < 4.78 is 39.0. The number of hydrogen-bond donors (Lipinski definition) is 4. The number of amides is 2. The lowest BCUT2D eigenvalue weighted by molar-refractivity contribution is -0.122. The summed E-state index contributed by atoms with van der Waals surface area (Å²) in [6, 6.07) is 6.43. The van der Waals surface area contributed by atoms with Crippen molar-refractivity contribution >= 4 is 23.0 Å². The number of hydrogen-bond acceptors (Lipinski definition) is 5. The maximum Gasteiger partial charge on any atom is 0.405 e. The topological polar surface area (TPSA) is 86.2 Å². The van der Waals surface area contributed by atoms with Gasteiger partial charge in [0.15, 0.2) is 0 Å². The highest BCUT2D eigenvalue weighted by Gasteiger charge is 2.37. The summed E-state index contributed by atoms with van der Waals surface area (Å²) >= 11 is 0. The predicted octanol–water partition coefficient (Wildman–Crippen LogP) is 3.24. The first kappa shape index (κ1) is 22.1. The molecule has 2 amide bonds. The zero-order chi connectivity index (χ0) is 23.9. The number of carbonyl (C=O) groups is 1. The van der Waals surface area contributed by atoms with Gasteiger partial charge in [0, 0.05) is 48.5 Å². The van der Waals surface area contributed by atoms with E-state index in [1.165, 1.54) is 0 Å².